The zero-order valence-corrected chi connectivity index (χ0v) is 13.5. The van der Waals surface area contributed by atoms with Crippen LogP contribution in [0.25, 0.3) is 0 Å². The fourth-order valence-electron chi connectivity index (χ4n) is 2.56. The average Bonchev–Trinajstić information content (AvgIpc) is 3.10. The number of sulfone groups is 1. The quantitative estimate of drug-likeness (QED) is 0.686. The summed E-state index contributed by atoms with van der Waals surface area (Å²) in [5.41, 5.74) is -0.955. The average molecular weight is 316 g/mol. The van der Waals surface area contributed by atoms with Gasteiger partial charge in [0.05, 0.1) is 11.5 Å². The summed E-state index contributed by atoms with van der Waals surface area (Å²) in [5, 5.41) is 5.56. The van der Waals surface area contributed by atoms with Crippen LogP contribution in [0.2, 0.25) is 0 Å². The van der Waals surface area contributed by atoms with Crippen molar-refractivity contribution in [2.45, 2.75) is 45.6 Å². The molecule has 1 unspecified atom stereocenters. The molecule has 7 heteroatoms. The maximum absolute atomic E-state index is 12.3. The van der Waals surface area contributed by atoms with Crippen LogP contribution in [0.15, 0.2) is 0 Å². The summed E-state index contributed by atoms with van der Waals surface area (Å²) in [6, 6.07) is -0.344. The number of rotatable bonds is 6. The molecule has 2 rings (SSSR count). The van der Waals surface area contributed by atoms with Crippen LogP contribution in [-0.4, -0.2) is 44.3 Å². The second-order valence-electron chi connectivity index (χ2n) is 6.59. The van der Waals surface area contributed by atoms with E-state index in [4.69, 9.17) is 0 Å². The van der Waals surface area contributed by atoms with Crippen molar-refractivity contribution in [1.82, 2.24) is 10.6 Å². The van der Waals surface area contributed by atoms with E-state index < -0.39 is 15.3 Å². The molecule has 120 valence electrons. The first-order chi connectivity index (χ1) is 9.75. The molecule has 1 atom stereocenters. The minimum absolute atomic E-state index is 0.0101. The lowest BCUT2D eigenvalue weighted by Gasteiger charge is -2.18. The third-order valence-electron chi connectivity index (χ3n) is 4.19. The first kappa shape index (κ1) is 16.3. The standard InChI is InChI=1S/C14H24N2O4S/c1-10(2)3-7-15-12(17)14(5-6-14)13(18)16-11-4-8-21(19,20)9-11/h10-11H,3-9H2,1-2H3,(H,15,17)(H,16,18). The van der Waals surface area contributed by atoms with Crippen molar-refractivity contribution in [3.8, 4) is 0 Å². The molecule has 0 radical (unpaired) electrons. The molecular weight excluding hydrogens is 292 g/mol. The third-order valence-corrected chi connectivity index (χ3v) is 5.96. The third kappa shape index (κ3) is 3.96. The van der Waals surface area contributed by atoms with Gasteiger partial charge in [-0.25, -0.2) is 8.42 Å². The van der Waals surface area contributed by atoms with Crippen molar-refractivity contribution in [1.29, 1.82) is 0 Å². The molecule has 21 heavy (non-hydrogen) atoms. The highest BCUT2D eigenvalue weighted by Gasteiger charge is 2.56. The Morgan fingerprint density at radius 1 is 1.24 bits per heavy atom. The lowest BCUT2D eigenvalue weighted by molar-refractivity contribution is -0.137. The predicted octanol–water partition coefficient (Wildman–Crippen LogP) is 0.232. The summed E-state index contributed by atoms with van der Waals surface area (Å²) >= 11 is 0. The second kappa shape index (κ2) is 5.94. The molecule has 0 aromatic carbocycles. The second-order valence-corrected chi connectivity index (χ2v) is 8.82. The van der Waals surface area contributed by atoms with Crippen LogP contribution in [0.4, 0.5) is 0 Å². The van der Waals surface area contributed by atoms with Crippen molar-refractivity contribution in [3.05, 3.63) is 0 Å². The molecule has 0 bridgehead atoms. The Morgan fingerprint density at radius 3 is 2.38 bits per heavy atom. The normalized spacial score (nSPS) is 25.6. The first-order valence-electron chi connectivity index (χ1n) is 7.55. The molecule has 2 fully saturated rings. The summed E-state index contributed by atoms with van der Waals surface area (Å²) in [4.78, 5) is 24.4. The molecule has 2 amide bonds. The summed E-state index contributed by atoms with van der Waals surface area (Å²) in [6.45, 7) is 4.72. The van der Waals surface area contributed by atoms with Gasteiger partial charge >= 0.3 is 0 Å². The number of carbonyl (C=O) groups excluding carboxylic acids is 2. The van der Waals surface area contributed by atoms with Crippen LogP contribution < -0.4 is 10.6 Å². The van der Waals surface area contributed by atoms with Gasteiger partial charge in [-0.3, -0.25) is 9.59 Å². The van der Waals surface area contributed by atoms with Crippen LogP contribution in [-0.2, 0) is 19.4 Å². The smallest absolute Gasteiger partial charge is 0.235 e. The molecule has 6 nitrogen and oxygen atoms in total. The van der Waals surface area contributed by atoms with Gasteiger partial charge in [-0.05, 0) is 31.6 Å². The van der Waals surface area contributed by atoms with Gasteiger partial charge in [-0.2, -0.15) is 0 Å². The van der Waals surface area contributed by atoms with Gasteiger partial charge in [0.2, 0.25) is 11.8 Å². The van der Waals surface area contributed by atoms with Crippen LogP contribution in [0.3, 0.4) is 0 Å². The molecule has 0 spiro atoms. The molecule has 0 aromatic rings. The van der Waals surface area contributed by atoms with Gasteiger partial charge in [0.1, 0.15) is 5.41 Å². The fraction of sp³-hybridized carbons (Fsp3) is 0.857. The lowest BCUT2D eigenvalue weighted by atomic mass is 10.0. The zero-order valence-electron chi connectivity index (χ0n) is 12.6. The summed E-state index contributed by atoms with van der Waals surface area (Å²) < 4.78 is 22.8. The molecule has 1 heterocycles. The Bertz CT molecular complexity index is 523. The largest absolute Gasteiger partial charge is 0.355 e. The Hall–Kier alpha value is -1.11. The molecule has 2 N–H and O–H groups in total. The van der Waals surface area contributed by atoms with Crippen LogP contribution >= 0.6 is 0 Å². The Labute approximate surface area is 126 Å². The van der Waals surface area contributed by atoms with Gasteiger partial charge in [0.15, 0.2) is 9.84 Å². The highest BCUT2D eigenvalue weighted by Crippen LogP contribution is 2.46. The van der Waals surface area contributed by atoms with Gasteiger partial charge in [0.25, 0.3) is 0 Å². The highest BCUT2D eigenvalue weighted by atomic mass is 32.2. The van der Waals surface area contributed by atoms with Gasteiger partial charge in [-0.15, -0.1) is 0 Å². The molecule has 1 aliphatic carbocycles. The number of hydrogen-bond acceptors (Lipinski definition) is 4. The fourth-order valence-corrected chi connectivity index (χ4v) is 4.23. The number of amides is 2. The van der Waals surface area contributed by atoms with Gasteiger partial charge in [0, 0.05) is 12.6 Å². The van der Waals surface area contributed by atoms with Crippen molar-refractivity contribution in [3.63, 3.8) is 0 Å². The minimum atomic E-state index is -3.03. The maximum Gasteiger partial charge on any atom is 0.235 e. The number of nitrogens with one attached hydrogen (secondary N) is 2. The monoisotopic (exact) mass is 316 g/mol. The predicted molar refractivity (Wildman–Crippen MR) is 79.3 cm³/mol. The number of hydrogen-bond donors (Lipinski definition) is 2. The van der Waals surface area contributed by atoms with Crippen LogP contribution in [0.1, 0.15) is 39.5 Å². The van der Waals surface area contributed by atoms with Crippen LogP contribution in [0.5, 0.6) is 0 Å². The van der Waals surface area contributed by atoms with E-state index >= 15 is 0 Å². The minimum Gasteiger partial charge on any atom is -0.355 e. The molecular formula is C14H24N2O4S. The van der Waals surface area contributed by atoms with E-state index in [1.807, 2.05) is 0 Å². The lowest BCUT2D eigenvalue weighted by Crippen LogP contribution is -2.47. The van der Waals surface area contributed by atoms with Crippen molar-refractivity contribution >= 4 is 21.7 Å². The summed E-state index contributed by atoms with van der Waals surface area (Å²) in [5.74, 6) is 0.0705. The molecule has 0 aromatic heterocycles. The summed E-state index contributed by atoms with van der Waals surface area (Å²) in [7, 11) is -3.03. The van der Waals surface area contributed by atoms with E-state index in [0.717, 1.165) is 6.42 Å². The van der Waals surface area contributed by atoms with Crippen LogP contribution in [0, 0.1) is 11.3 Å². The SMILES string of the molecule is CC(C)CCNC(=O)C1(C(=O)NC2CCS(=O)(=O)C2)CC1. The zero-order chi connectivity index (χ0) is 15.7. The van der Waals surface area contributed by atoms with E-state index in [1.54, 1.807) is 0 Å². The summed E-state index contributed by atoms with van der Waals surface area (Å²) in [6.07, 6.45) is 2.42. The first-order valence-corrected chi connectivity index (χ1v) is 9.37. The molecule has 1 saturated carbocycles. The van der Waals surface area contributed by atoms with Crippen molar-refractivity contribution < 1.29 is 18.0 Å². The van der Waals surface area contributed by atoms with E-state index in [2.05, 4.69) is 24.5 Å². The topological polar surface area (TPSA) is 92.3 Å². The number of carbonyl (C=O) groups is 2. The molecule has 2 aliphatic rings. The molecule has 1 saturated heterocycles. The Kier molecular flexibility index (Phi) is 4.60. The van der Waals surface area contributed by atoms with Gasteiger partial charge < -0.3 is 10.6 Å². The van der Waals surface area contributed by atoms with E-state index in [1.165, 1.54) is 0 Å². The molecule has 1 aliphatic heterocycles. The van der Waals surface area contributed by atoms with Crippen molar-refractivity contribution in [2.75, 3.05) is 18.1 Å². The Balaban J connectivity index is 1.85. The Morgan fingerprint density at radius 2 is 1.90 bits per heavy atom. The maximum atomic E-state index is 12.3. The van der Waals surface area contributed by atoms with E-state index in [9.17, 15) is 18.0 Å². The van der Waals surface area contributed by atoms with Gasteiger partial charge in [-0.1, -0.05) is 13.8 Å². The van der Waals surface area contributed by atoms with E-state index in [0.29, 0.717) is 31.7 Å². The van der Waals surface area contributed by atoms with E-state index in [-0.39, 0.29) is 29.4 Å². The highest BCUT2D eigenvalue weighted by molar-refractivity contribution is 7.91. The van der Waals surface area contributed by atoms with Crippen molar-refractivity contribution in [2.24, 2.45) is 11.3 Å².